The number of nitrogens with zero attached hydrogens (tertiary/aromatic N) is 1. The van der Waals surface area contributed by atoms with Crippen molar-refractivity contribution in [1.29, 1.82) is 0 Å². The first-order valence-corrected chi connectivity index (χ1v) is 14.9. The Balaban J connectivity index is 1.13. The van der Waals surface area contributed by atoms with Crippen molar-refractivity contribution in [2.75, 3.05) is 19.8 Å². The standard InChI is InChI=1S/C29H42ClN3O5/c30-25-17-32-22(4-3-5-23(7-9-37-28(31)35)38-26-6-1-2-8-36-26)13-24(25)27(34)33-18-29-14-19-10-20(15-29)12-21(11-19)16-29/h13,17,19-21,23,26H,1-12,14-16,18H2,(H2,31,35)(H,33,34). The first-order valence-electron chi connectivity index (χ1n) is 14.5. The summed E-state index contributed by atoms with van der Waals surface area (Å²) in [5, 5.41) is 3.62. The van der Waals surface area contributed by atoms with Gasteiger partial charge in [-0.1, -0.05) is 11.6 Å². The molecule has 2 atom stereocenters. The van der Waals surface area contributed by atoms with Crippen LogP contribution in [0.25, 0.3) is 0 Å². The average molecular weight is 548 g/mol. The molecule has 2 heterocycles. The molecule has 5 aliphatic rings. The molecule has 1 aromatic heterocycles. The number of hydrogen-bond acceptors (Lipinski definition) is 6. The number of aromatic nitrogens is 1. The minimum atomic E-state index is -0.781. The van der Waals surface area contributed by atoms with E-state index in [1.165, 1.54) is 38.5 Å². The first-order chi connectivity index (χ1) is 18.4. The summed E-state index contributed by atoms with van der Waals surface area (Å²) in [5.74, 6) is 2.46. The molecule has 3 N–H and O–H groups in total. The van der Waals surface area contributed by atoms with Gasteiger partial charge in [0.25, 0.3) is 5.91 Å². The maximum absolute atomic E-state index is 13.2. The van der Waals surface area contributed by atoms with Crippen molar-refractivity contribution in [2.45, 2.75) is 95.9 Å². The highest BCUT2D eigenvalue weighted by atomic mass is 35.5. The van der Waals surface area contributed by atoms with Gasteiger partial charge in [-0.3, -0.25) is 9.78 Å². The summed E-state index contributed by atoms with van der Waals surface area (Å²) in [4.78, 5) is 28.6. The zero-order valence-electron chi connectivity index (χ0n) is 22.3. The van der Waals surface area contributed by atoms with Crippen LogP contribution >= 0.6 is 11.6 Å². The smallest absolute Gasteiger partial charge is 0.404 e. The number of pyridine rings is 1. The Morgan fingerprint density at radius 1 is 1.16 bits per heavy atom. The van der Waals surface area contributed by atoms with E-state index in [4.69, 9.17) is 31.5 Å². The largest absolute Gasteiger partial charge is 0.450 e. The highest BCUT2D eigenvalue weighted by Gasteiger charge is 2.50. The first kappa shape index (κ1) is 27.7. The number of carbonyl (C=O) groups is 2. The van der Waals surface area contributed by atoms with Crippen LogP contribution in [0.1, 0.15) is 93.1 Å². The van der Waals surface area contributed by atoms with Crippen molar-refractivity contribution in [1.82, 2.24) is 10.3 Å². The molecule has 0 spiro atoms. The molecular weight excluding hydrogens is 506 g/mol. The molecular formula is C29H42ClN3O5. The molecule has 5 fully saturated rings. The van der Waals surface area contributed by atoms with Crippen LogP contribution in [-0.2, 0) is 20.6 Å². The molecule has 2 unspecified atom stereocenters. The fourth-order valence-electron chi connectivity index (χ4n) is 7.78. The van der Waals surface area contributed by atoms with E-state index in [1.807, 2.05) is 6.07 Å². The Morgan fingerprint density at radius 2 is 1.89 bits per heavy atom. The predicted octanol–water partition coefficient (Wildman–Crippen LogP) is 5.40. The van der Waals surface area contributed by atoms with E-state index >= 15 is 0 Å². The van der Waals surface area contributed by atoms with Crippen molar-refractivity contribution in [3.05, 3.63) is 28.5 Å². The van der Waals surface area contributed by atoms with Crippen LogP contribution in [0, 0.1) is 23.2 Å². The third kappa shape index (κ3) is 7.19. The van der Waals surface area contributed by atoms with Gasteiger partial charge in [-0.2, -0.15) is 0 Å². The maximum Gasteiger partial charge on any atom is 0.404 e. The molecule has 0 radical (unpaired) electrons. The number of amides is 2. The van der Waals surface area contributed by atoms with Gasteiger partial charge < -0.3 is 25.3 Å². The summed E-state index contributed by atoms with van der Waals surface area (Å²) < 4.78 is 16.8. The van der Waals surface area contributed by atoms with Crippen LogP contribution in [-0.4, -0.2) is 49.1 Å². The van der Waals surface area contributed by atoms with Crippen LogP contribution in [0.15, 0.2) is 12.3 Å². The molecule has 2 amide bonds. The molecule has 210 valence electrons. The number of aryl methyl sites for hydroxylation is 1. The Hall–Kier alpha value is -1.90. The fourth-order valence-corrected chi connectivity index (χ4v) is 7.97. The number of rotatable bonds is 12. The van der Waals surface area contributed by atoms with Crippen LogP contribution in [0.5, 0.6) is 0 Å². The second kappa shape index (κ2) is 12.5. The Kier molecular flexibility index (Phi) is 9.11. The second-order valence-electron chi connectivity index (χ2n) is 12.2. The van der Waals surface area contributed by atoms with E-state index in [2.05, 4.69) is 10.3 Å². The van der Waals surface area contributed by atoms with Crippen molar-refractivity contribution < 1.29 is 23.8 Å². The molecule has 6 rings (SSSR count). The van der Waals surface area contributed by atoms with Gasteiger partial charge in [0.2, 0.25) is 0 Å². The monoisotopic (exact) mass is 547 g/mol. The van der Waals surface area contributed by atoms with Crippen LogP contribution in [0.3, 0.4) is 0 Å². The topological polar surface area (TPSA) is 113 Å². The van der Waals surface area contributed by atoms with E-state index in [9.17, 15) is 9.59 Å². The number of nitrogens with one attached hydrogen (secondary N) is 1. The highest BCUT2D eigenvalue weighted by molar-refractivity contribution is 6.33. The minimum Gasteiger partial charge on any atom is -0.450 e. The second-order valence-corrected chi connectivity index (χ2v) is 12.6. The summed E-state index contributed by atoms with van der Waals surface area (Å²) in [6, 6.07) is 1.83. The third-order valence-corrected chi connectivity index (χ3v) is 9.37. The SMILES string of the molecule is NC(=O)OCCC(CCCc1cc(C(=O)NCC23CC4CC(CC(C4)C2)C3)c(Cl)cn1)OC1CCCCO1. The number of primary amides is 1. The molecule has 9 heteroatoms. The molecule has 4 bridgehead atoms. The average Bonchev–Trinajstić information content (AvgIpc) is 2.88. The van der Waals surface area contributed by atoms with Crippen molar-refractivity contribution >= 4 is 23.6 Å². The van der Waals surface area contributed by atoms with Gasteiger partial charge in [0.15, 0.2) is 6.29 Å². The van der Waals surface area contributed by atoms with Gasteiger partial charge in [0.1, 0.15) is 0 Å². The molecule has 1 aromatic rings. The molecule has 8 nitrogen and oxygen atoms in total. The lowest BCUT2D eigenvalue weighted by atomic mass is 9.49. The minimum absolute atomic E-state index is 0.103. The van der Waals surface area contributed by atoms with E-state index < -0.39 is 6.09 Å². The van der Waals surface area contributed by atoms with Crippen molar-refractivity contribution in [3.8, 4) is 0 Å². The van der Waals surface area contributed by atoms with Gasteiger partial charge >= 0.3 is 6.09 Å². The van der Waals surface area contributed by atoms with Crippen LogP contribution < -0.4 is 11.1 Å². The molecule has 1 saturated heterocycles. The lowest BCUT2D eigenvalue weighted by Crippen LogP contribution is -2.51. The lowest BCUT2D eigenvalue weighted by Gasteiger charge is -2.56. The normalized spacial score (nSPS) is 30.7. The summed E-state index contributed by atoms with van der Waals surface area (Å²) in [5.41, 5.74) is 6.72. The molecule has 4 aliphatic carbocycles. The van der Waals surface area contributed by atoms with Gasteiger partial charge in [-0.25, -0.2) is 4.79 Å². The van der Waals surface area contributed by atoms with Crippen LogP contribution in [0.2, 0.25) is 5.02 Å². The predicted molar refractivity (Wildman–Crippen MR) is 144 cm³/mol. The van der Waals surface area contributed by atoms with Gasteiger partial charge in [-0.05, 0) is 106 Å². The van der Waals surface area contributed by atoms with Crippen LogP contribution in [0.4, 0.5) is 4.79 Å². The van der Waals surface area contributed by atoms with E-state index in [-0.39, 0.29) is 30.3 Å². The van der Waals surface area contributed by atoms with Gasteiger partial charge in [0.05, 0.1) is 23.3 Å². The maximum atomic E-state index is 13.2. The van der Waals surface area contributed by atoms with Crippen molar-refractivity contribution in [3.63, 3.8) is 0 Å². The zero-order valence-corrected chi connectivity index (χ0v) is 23.1. The number of halogens is 1. The zero-order chi connectivity index (χ0) is 26.5. The Bertz CT molecular complexity index is 948. The van der Waals surface area contributed by atoms with Gasteiger partial charge in [-0.15, -0.1) is 0 Å². The van der Waals surface area contributed by atoms with Gasteiger partial charge in [0, 0.05) is 31.5 Å². The lowest BCUT2D eigenvalue weighted by molar-refractivity contribution is -0.191. The Morgan fingerprint density at radius 3 is 2.55 bits per heavy atom. The molecule has 4 saturated carbocycles. The summed E-state index contributed by atoms with van der Waals surface area (Å²) >= 11 is 6.41. The quantitative estimate of drug-likeness (QED) is 0.362. The van der Waals surface area contributed by atoms with E-state index in [1.54, 1.807) is 6.20 Å². The van der Waals surface area contributed by atoms with Crippen molar-refractivity contribution in [2.24, 2.45) is 28.9 Å². The Labute approximate surface area is 230 Å². The number of ether oxygens (including phenoxy) is 3. The third-order valence-electron chi connectivity index (χ3n) is 9.07. The highest BCUT2D eigenvalue weighted by Crippen LogP contribution is 2.59. The number of carbonyl (C=O) groups excluding carboxylic acids is 2. The summed E-state index contributed by atoms with van der Waals surface area (Å²) in [6.07, 6.45) is 14.2. The molecule has 0 aromatic carbocycles. The molecule has 1 aliphatic heterocycles. The number of nitrogens with two attached hydrogens (primary N) is 1. The summed E-state index contributed by atoms with van der Waals surface area (Å²) in [6.45, 7) is 1.66. The fraction of sp³-hybridized carbons (Fsp3) is 0.759. The van der Waals surface area contributed by atoms with E-state index in [0.29, 0.717) is 30.0 Å². The molecule has 38 heavy (non-hydrogen) atoms. The number of hydrogen-bond donors (Lipinski definition) is 2. The summed E-state index contributed by atoms with van der Waals surface area (Å²) in [7, 11) is 0. The van der Waals surface area contributed by atoms with E-state index in [0.717, 1.165) is 62.1 Å².